The Balaban J connectivity index is 1.65. The van der Waals surface area contributed by atoms with Crippen molar-refractivity contribution in [1.29, 1.82) is 0 Å². The fraction of sp³-hybridized carbons (Fsp3) is 0.222. The topological polar surface area (TPSA) is 83.4 Å². The molecule has 1 aromatic carbocycles. The fourth-order valence-electron chi connectivity index (χ4n) is 3.46. The first kappa shape index (κ1) is 16.7. The number of pyridine rings is 1. The molecule has 1 fully saturated rings. The molecule has 0 aliphatic carbocycles. The molecule has 7 nitrogen and oxygen atoms in total. The standard InChI is InChI=1S/C18H17N4O3PS/c23-15-11-3-8-27-18(11)22(26)17(24)14(15)16-19-12-2-1-10(9-13(12)20-16)21-4-6-25-7-5-21/h1-3,8-9,23H,4-7,26H2,(H,19,20). The number of nitrogens with zero attached hydrogens (tertiary/aromatic N) is 3. The highest BCUT2D eigenvalue weighted by Crippen LogP contribution is 2.36. The Morgan fingerprint density at radius 3 is 2.89 bits per heavy atom. The van der Waals surface area contributed by atoms with Crippen LogP contribution in [-0.4, -0.2) is 45.7 Å². The minimum Gasteiger partial charge on any atom is -0.506 e. The number of aromatic nitrogens is 3. The molecule has 4 aromatic rings. The van der Waals surface area contributed by atoms with Crippen molar-refractivity contribution in [3.05, 3.63) is 40.0 Å². The maximum Gasteiger partial charge on any atom is 0.269 e. The van der Waals surface area contributed by atoms with Crippen molar-refractivity contribution in [2.75, 3.05) is 31.2 Å². The number of fused-ring (bicyclic) bond motifs is 2. The van der Waals surface area contributed by atoms with Gasteiger partial charge in [0.15, 0.2) is 0 Å². The molecule has 0 bridgehead atoms. The van der Waals surface area contributed by atoms with Crippen LogP contribution in [0.1, 0.15) is 0 Å². The molecule has 0 amide bonds. The Kier molecular flexibility index (Phi) is 3.93. The van der Waals surface area contributed by atoms with E-state index in [0.717, 1.165) is 29.8 Å². The normalized spacial score (nSPS) is 15.1. The molecule has 9 heteroatoms. The van der Waals surface area contributed by atoms with Crippen LogP contribution in [0.3, 0.4) is 0 Å². The highest BCUT2D eigenvalue weighted by atomic mass is 32.1. The Bertz CT molecular complexity index is 1220. The van der Waals surface area contributed by atoms with Crippen LogP contribution in [0.25, 0.3) is 32.6 Å². The molecular formula is C18H17N4O3PS. The van der Waals surface area contributed by atoms with E-state index in [-0.39, 0.29) is 16.9 Å². The van der Waals surface area contributed by atoms with Gasteiger partial charge in [-0.3, -0.25) is 9.13 Å². The number of ether oxygens (including phenoxy) is 1. The van der Waals surface area contributed by atoms with Gasteiger partial charge in [-0.2, -0.15) is 0 Å². The minimum atomic E-state index is -0.306. The molecule has 1 aliphatic heterocycles. The van der Waals surface area contributed by atoms with Gasteiger partial charge >= 0.3 is 0 Å². The average Bonchev–Trinajstić information content (AvgIpc) is 3.34. The Morgan fingerprint density at radius 1 is 1.26 bits per heavy atom. The molecule has 2 N–H and O–H groups in total. The first-order chi connectivity index (χ1) is 13.1. The third kappa shape index (κ3) is 2.64. The van der Waals surface area contributed by atoms with E-state index >= 15 is 0 Å². The third-order valence-corrected chi connectivity index (χ3v) is 6.46. The zero-order valence-corrected chi connectivity index (χ0v) is 16.3. The van der Waals surface area contributed by atoms with Crippen LogP contribution in [0.15, 0.2) is 34.4 Å². The van der Waals surface area contributed by atoms with Gasteiger partial charge in [-0.25, -0.2) is 4.98 Å². The predicted molar refractivity (Wildman–Crippen MR) is 111 cm³/mol. The van der Waals surface area contributed by atoms with E-state index in [2.05, 4.69) is 24.3 Å². The Hall–Kier alpha value is -2.41. The highest BCUT2D eigenvalue weighted by Gasteiger charge is 2.20. The molecule has 0 radical (unpaired) electrons. The number of morpholine rings is 1. The molecule has 0 saturated carbocycles. The lowest BCUT2D eigenvalue weighted by Crippen LogP contribution is -2.36. The first-order valence-corrected chi connectivity index (χ1v) is 9.96. The second-order valence-electron chi connectivity index (χ2n) is 6.42. The van der Waals surface area contributed by atoms with Gasteiger partial charge in [-0.05, 0) is 39.0 Å². The van der Waals surface area contributed by atoms with Gasteiger partial charge in [0.1, 0.15) is 22.0 Å². The molecular weight excluding hydrogens is 383 g/mol. The van der Waals surface area contributed by atoms with Crippen molar-refractivity contribution in [3.8, 4) is 17.1 Å². The van der Waals surface area contributed by atoms with Crippen molar-refractivity contribution >= 4 is 47.7 Å². The van der Waals surface area contributed by atoms with E-state index in [4.69, 9.17) is 4.74 Å². The summed E-state index contributed by atoms with van der Waals surface area (Å²) >= 11 is 1.40. The zero-order chi connectivity index (χ0) is 18.5. The number of nitrogens with one attached hydrogen (secondary N) is 1. The molecule has 138 valence electrons. The third-order valence-electron chi connectivity index (χ3n) is 4.87. The van der Waals surface area contributed by atoms with E-state index in [0.29, 0.717) is 29.3 Å². The minimum absolute atomic E-state index is 0.0394. The molecule has 1 atom stereocenters. The number of anilines is 1. The summed E-state index contributed by atoms with van der Waals surface area (Å²) in [5, 5.41) is 13.2. The Labute approximate surface area is 160 Å². The van der Waals surface area contributed by atoms with Gasteiger partial charge in [0.2, 0.25) is 0 Å². The smallest absolute Gasteiger partial charge is 0.269 e. The maximum absolute atomic E-state index is 12.8. The molecule has 0 spiro atoms. The highest BCUT2D eigenvalue weighted by molar-refractivity contribution is 7.21. The molecule has 4 heterocycles. The molecule has 5 rings (SSSR count). The van der Waals surface area contributed by atoms with Crippen molar-refractivity contribution < 1.29 is 9.84 Å². The van der Waals surface area contributed by atoms with E-state index < -0.39 is 0 Å². The van der Waals surface area contributed by atoms with E-state index in [1.165, 1.54) is 15.7 Å². The number of thiophene rings is 1. The summed E-state index contributed by atoms with van der Waals surface area (Å²) in [5.41, 5.74) is 2.54. The van der Waals surface area contributed by atoms with Gasteiger partial charge in [0.05, 0.1) is 29.6 Å². The number of H-pyrrole nitrogens is 1. The fourth-order valence-corrected chi connectivity index (χ4v) is 4.74. The quantitative estimate of drug-likeness (QED) is 0.506. The number of hydrogen-bond acceptors (Lipinski definition) is 6. The SMILES string of the molecule is O=c1c(-c2nc3ccc(N4CCOCC4)cc3[nH]2)c(O)c2ccsc2n1P. The van der Waals surface area contributed by atoms with Gasteiger partial charge in [0.25, 0.3) is 5.56 Å². The Morgan fingerprint density at radius 2 is 2.07 bits per heavy atom. The second-order valence-corrected chi connectivity index (χ2v) is 7.84. The number of hydrogen-bond donors (Lipinski definition) is 2. The summed E-state index contributed by atoms with van der Waals surface area (Å²) < 4.78 is 6.88. The summed E-state index contributed by atoms with van der Waals surface area (Å²) in [5.74, 6) is 0.332. The summed E-state index contributed by atoms with van der Waals surface area (Å²) in [6.45, 7) is 3.13. The number of benzene rings is 1. The predicted octanol–water partition coefficient (Wildman–Crippen LogP) is 2.79. The van der Waals surface area contributed by atoms with Crippen molar-refractivity contribution in [2.24, 2.45) is 0 Å². The van der Waals surface area contributed by atoms with Crippen LogP contribution in [0, 0.1) is 0 Å². The first-order valence-electron chi connectivity index (χ1n) is 8.56. The number of rotatable bonds is 2. The van der Waals surface area contributed by atoms with Crippen LogP contribution < -0.4 is 10.5 Å². The lowest BCUT2D eigenvalue weighted by molar-refractivity contribution is 0.122. The lowest BCUT2D eigenvalue weighted by Gasteiger charge is -2.28. The van der Waals surface area contributed by atoms with Crippen LogP contribution in [-0.2, 0) is 4.74 Å². The van der Waals surface area contributed by atoms with Gasteiger partial charge in [-0.15, -0.1) is 11.3 Å². The van der Waals surface area contributed by atoms with E-state index in [9.17, 15) is 9.90 Å². The zero-order valence-electron chi connectivity index (χ0n) is 14.3. The maximum atomic E-state index is 12.8. The van der Waals surface area contributed by atoms with Gasteiger partial charge in [-0.1, -0.05) is 0 Å². The molecule has 1 saturated heterocycles. The number of aromatic amines is 1. The van der Waals surface area contributed by atoms with E-state index in [1.54, 1.807) is 6.07 Å². The van der Waals surface area contributed by atoms with Crippen molar-refractivity contribution in [2.45, 2.75) is 0 Å². The molecule has 1 unspecified atom stereocenters. The summed E-state index contributed by atoms with van der Waals surface area (Å²) in [7, 11) is 2.41. The van der Waals surface area contributed by atoms with Gasteiger partial charge in [0, 0.05) is 18.8 Å². The van der Waals surface area contributed by atoms with Crippen LogP contribution >= 0.6 is 20.7 Å². The molecule has 27 heavy (non-hydrogen) atoms. The van der Waals surface area contributed by atoms with Gasteiger partial charge < -0.3 is 19.7 Å². The van der Waals surface area contributed by atoms with E-state index in [1.807, 2.05) is 23.6 Å². The number of aromatic hydroxyl groups is 1. The van der Waals surface area contributed by atoms with Crippen LogP contribution in [0.2, 0.25) is 0 Å². The van der Waals surface area contributed by atoms with Crippen LogP contribution in [0.4, 0.5) is 5.69 Å². The summed E-state index contributed by atoms with van der Waals surface area (Å²) in [6.07, 6.45) is 0. The van der Waals surface area contributed by atoms with Crippen molar-refractivity contribution in [1.82, 2.24) is 14.3 Å². The van der Waals surface area contributed by atoms with Crippen molar-refractivity contribution in [3.63, 3.8) is 0 Å². The number of imidazole rings is 1. The summed E-state index contributed by atoms with van der Waals surface area (Å²) in [6, 6.07) is 7.78. The molecule has 3 aromatic heterocycles. The molecule has 1 aliphatic rings. The lowest BCUT2D eigenvalue weighted by atomic mass is 10.2. The van der Waals surface area contributed by atoms with Crippen LogP contribution in [0.5, 0.6) is 5.75 Å². The monoisotopic (exact) mass is 400 g/mol. The average molecular weight is 400 g/mol. The largest absolute Gasteiger partial charge is 0.506 e. The summed E-state index contributed by atoms with van der Waals surface area (Å²) in [4.78, 5) is 23.5. The second kappa shape index (κ2) is 6.34.